The Balaban J connectivity index is 2.09. The Labute approximate surface area is 131 Å². The Kier molecular flexibility index (Phi) is 4.88. The van der Waals surface area contributed by atoms with Crippen molar-refractivity contribution < 1.29 is 18.7 Å². The Morgan fingerprint density at radius 1 is 1.27 bits per heavy atom. The first kappa shape index (κ1) is 16.1. The maximum absolute atomic E-state index is 13.0. The van der Waals surface area contributed by atoms with E-state index in [-0.39, 0.29) is 16.3 Å². The fraction of sp³-hybridized carbons (Fsp3) is 0.188. The van der Waals surface area contributed by atoms with Crippen molar-refractivity contribution in [2.75, 3.05) is 6.61 Å². The number of carbonyl (C=O) groups is 2. The van der Waals surface area contributed by atoms with Crippen LogP contribution in [0.3, 0.4) is 0 Å². The number of esters is 1. The van der Waals surface area contributed by atoms with Crippen molar-refractivity contribution in [3.05, 3.63) is 63.7 Å². The molecule has 1 aromatic heterocycles. The van der Waals surface area contributed by atoms with E-state index in [9.17, 15) is 14.0 Å². The summed E-state index contributed by atoms with van der Waals surface area (Å²) in [6.45, 7) is 2.96. The number of pyridine rings is 1. The van der Waals surface area contributed by atoms with Crippen LogP contribution >= 0.6 is 11.6 Å². The lowest BCUT2D eigenvalue weighted by atomic mass is 10.1. The van der Waals surface area contributed by atoms with E-state index in [1.54, 1.807) is 19.9 Å². The smallest absolute Gasteiger partial charge is 0.342 e. The summed E-state index contributed by atoms with van der Waals surface area (Å²) >= 11 is 5.94. The number of aromatic nitrogens is 1. The van der Waals surface area contributed by atoms with Gasteiger partial charge in [-0.25, -0.2) is 14.2 Å². The Hall–Kier alpha value is -2.27. The minimum Gasteiger partial charge on any atom is -0.454 e. The summed E-state index contributed by atoms with van der Waals surface area (Å²) in [7, 11) is 0. The highest BCUT2D eigenvalue weighted by Gasteiger charge is 2.18. The average molecular weight is 322 g/mol. The minimum atomic E-state index is -0.736. The zero-order valence-corrected chi connectivity index (χ0v) is 12.8. The molecule has 0 unspecified atom stereocenters. The molecular formula is C16H13ClFNO3. The molecule has 0 aliphatic rings. The molecule has 0 atom stereocenters. The van der Waals surface area contributed by atoms with E-state index < -0.39 is 24.2 Å². The van der Waals surface area contributed by atoms with E-state index in [1.807, 2.05) is 0 Å². The molecule has 2 rings (SSSR count). The van der Waals surface area contributed by atoms with Crippen LogP contribution in [0, 0.1) is 19.7 Å². The summed E-state index contributed by atoms with van der Waals surface area (Å²) in [6.07, 6.45) is 0. The first-order valence-corrected chi connectivity index (χ1v) is 6.86. The van der Waals surface area contributed by atoms with Gasteiger partial charge in [0, 0.05) is 11.3 Å². The summed E-state index contributed by atoms with van der Waals surface area (Å²) in [5, 5.41) is 0.0284. The number of benzene rings is 1. The third kappa shape index (κ3) is 3.68. The molecule has 0 amide bonds. The van der Waals surface area contributed by atoms with Crippen LogP contribution in [-0.4, -0.2) is 23.3 Å². The maximum Gasteiger partial charge on any atom is 0.342 e. The van der Waals surface area contributed by atoms with E-state index in [2.05, 4.69) is 4.98 Å². The van der Waals surface area contributed by atoms with Crippen molar-refractivity contribution in [1.29, 1.82) is 0 Å². The molecule has 1 heterocycles. The first-order valence-electron chi connectivity index (χ1n) is 6.48. The molecule has 0 aliphatic carbocycles. The van der Waals surface area contributed by atoms with Gasteiger partial charge in [-0.1, -0.05) is 23.7 Å². The largest absolute Gasteiger partial charge is 0.454 e. The van der Waals surface area contributed by atoms with Gasteiger partial charge in [0.1, 0.15) is 11.0 Å². The van der Waals surface area contributed by atoms with Crippen molar-refractivity contribution in [2.45, 2.75) is 13.8 Å². The van der Waals surface area contributed by atoms with Gasteiger partial charge in [0.25, 0.3) is 0 Å². The van der Waals surface area contributed by atoms with Crippen LogP contribution < -0.4 is 0 Å². The lowest BCUT2D eigenvalue weighted by molar-refractivity contribution is 0.0473. The number of hydrogen-bond donors (Lipinski definition) is 0. The van der Waals surface area contributed by atoms with Gasteiger partial charge in [-0.05, 0) is 37.6 Å². The van der Waals surface area contributed by atoms with Crippen LogP contribution in [0.2, 0.25) is 5.15 Å². The molecule has 0 saturated heterocycles. The van der Waals surface area contributed by atoms with E-state index in [1.165, 1.54) is 18.2 Å². The standard InChI is InChI=1S/C16H13ClFNO3/c1-9-6-10(2)19-15(17)14(9)16(21)22-8-13(20)11-4-3-5-12(18)7-11/h3-7H,8H2,1-2H3. The van der Waals surface area contributed by atoms with Crippen molar-refractivity contribution in [3.63, 3.8) is 0 Å². The molecule has 1 aromatic carbocycles. The Bertz CT molecular complexity index is 723. The van der Waals surface area contributed by atoms with Gasteiger partial charge >= 0.3 is 5.97 Å². The van der Waals surface area contributed by atoms with Crippen molar-refractivity contribution >= 4 is 23.4 Å². The van der Waals surface area contributed by atoms with E-state index in [0.717, 1.165) is 6.07 Å². The molecule has 6 heteroatoms. The predicted molar refractivity (Wildman–Crippen MR) is 79.7 cm³/mol. The molecule has 0 spiro atoms. The molecule has 0 aliphatic heterocycles. The SMILES string of the molecule is Cc1cc(C)c(C(=O)OCC(=O)c2cccc(F)c2)c(Cl)n1. The lowest BCUT2D eigenvalue weighted by Gasteiger charge is -2.09. The topological polar surface area (TPSA) is 56.3 Å². The first-order chi connectivity index (χ1) is 10.4. The molecule has 0 N–H and O–H groups in total. The number of aryl methyl sites for hydroxylation is 2. The minimum absolute atomic E-state index is 0.0284. The second kappa shape index (κ2) is 6.66. The van der Waals surface area contributed by atoms with E-state index in [0.29, 0.717) is 11.3 Å². The van der Waals surface area contributed by atoms with Crippen molar-refractivity contribution in [2.24, 2.45) is 0 Å². The van der Waals surface area contributed by atoms with E-state index >= 15 is 0 Å². The molecule has 4 nitrogen and oxygen atoms in total. The van der Waals surface area contributed by atoms with Gasteiger partial charge in [-0.3, -0.25) is 4.79 Å². The molecule has 0 radical (unpaired) electrons. The van der Waals surface area contributed by atoms with Gasteiger partial charge in [-0.2, -0.15) is 0 Å². The summed E-state index contributed by atoms with van der Waals surface area (Å²) in [6, 6.07) is 6.86. The second-order valence-corrected chi connectivity index (χ2v) is 5.11. The quantitative estimate of drug-likeness (QED) is 0.491. The van der Waals surface area contributed by atoms with Crippen LogP contribution in [0.1, 0.15) is 32.0 Å². The van der Waals surface area contributed by atoms with Gasteiger partial charge < -0.3 is 4.74 Å². The number of carbonyl (C=O) groups excluding carboxylic acids is 2. The van der Waals surface area contributed by atoms with Crippen molar-refractivity contribution in [1.82, 2.24) is 4.98 Å². The highest BCUT2D eigenvalue weighted by Crippen LogP contribution is 2.19. The number of rotatable bonds is 4. The molecule has 0 fully saturated rings. The highest BCUT2D eigenvalue weighted by molar-refractivity contribution is 6.32. The summed E-state index contributed by atoms with van der Waals surface area (Å²) in [4.78, 5) is 27.9. The number of ketones is 1. The number of hydrogen-bond acceptors (Lipinski definition) is 4. The molecule has 0 bridgehead atoms. The fourth-order valence-corrected chi connectivity index (χ4v) is 2.34. The molecule has 2 aromatic rings. The van der Waals surface area contributed by atoms with Crippen LogP contribution in [0.25, 0.3) is 0 Å². The third-order valence-electron chi connectivity index (χ3n) is 2.99. The highest BCUT2D eigenvalue weighted by atomic mass is 35.5. The normalized spacial score (nSPS) is 10.4. The van der Waals surface area contributed by atoms with Crippen LogP contribution in [0.4, 0.5) is 4.39 Å². The molecule has 22 heavy (non-hydrogen) atoms. The van der Waals surface area contributed by atoms with Gasteiger partial charge in [0.15, 0.2) is 12.4 Å². The zero-order valence-electron chi connectivity index (χ0n) is 12.0. The Morgan fingerprint density at radius 2 is 2.00 bits per heavy atom. The number of nitrogens with zero attached hydrogens (tertiary/aromatic N) is 1. The molecule has 0 saturated carbocycles. The number of halogens is 2. The Morgan fingerprint density at radius 3 is 2.64 bits per heavy atom. The van der Waals surface area contributed by atoms with Gasteiger partial charge in [0.05, 0.1) is 5.56 Å². The fourth-order valence-electron chi connectivity index (χ4n) is 1.98. The van der Waals surface area contributed by atoms with Crippen LogP contribution in [0.5, 0.6) is 0 Å². The van der Waals surface area contributed by atoms with Crippen LogP contribution in [0.15, 0.2) is 30.3 Å². The monoisotopic (exact) mass is 321 g/mol. The maximum atomic E-state index is 13.0. The average Bonchev–Trinajstić information content (AvgIpc) is 2.43. The van der Waals surface area contributed by atoms with E-state index in [4.69, 9.17) is 16.3 Å². The van der Waals surface area contributed by atoms with Gasteiger partial charge in [0.2, 0.25) is 0 Å². The molecule has 114 valence electrons. The van der Waals surface area contributed by atoms with Crippen molar-refractivity contribution in [3.8, 4) is 0 Å². The second-order valence-electron chi connectivity index (χ2n) is 4.76. The molecular weight excluding hydrogens is 309 g/mol. The summed E-state index contributed by atoms with van der Waals surface area (Å²) in [5.41, 5.74) is 1.55. The van der Waals surface area contributed by atoms with Gasteiger partial charge in [-0.15, -0.1) is 0 Å². The number of Topliss-reactive ketones (excluding diaryl/α,β-unsaturated/α-hetero) is 1. The number of ether oxygens (including phenoxy) is 1. The predicted octanol–water partition coefficient (Wildman–Crippen LogP) is 3.53. The summed E-state index contributed by atoms with van der Waals surface area (Å²) in [5.74, 6) is -1.76. The third-order valence-corrected chi connectivity index (χ3v) is 3.26. The summed E-state index contributed by atoms with van der Waals surface area (Å²) < 4.78 is 18.0. The zero-order chi connectivity index (χ0) is 16.3. The lowest BCUT2D eigenvalue weighted by Crippen LogP contribution is -2.16. The van der Waals surface area contributed by atoms with Crippen LogP contribution in [-0.2, 0) is 4.74 Å².